The van der Waals surface area contributed by atoms with Crippen molar-refractivity contribution < 1.29 is 4.79 Å². The van der Waals surface area contributed by atoms with E-state index in [4.69, 9.17) is 5.73 Å². The van der Waals surface area contributed by atoms with Gasteiger partial charge < -0.3 is 16.4 Å². The number of carbonyl (C=O) groups is 1. The van der Waals surface area contributed by atoms with Gasteiger partial charge in [0.05, 0.1) is 5.92 Å². The van der Waals surface area contributed by atoms with Crippen LogP contribution in [0.1, 0.15) is 31.2 Å². The first kappa shape index (κ1) is 15.0. The molecule has 0 radical (unpaired) electrons. The predicted octanol–water partition coefficient (Wildman–Crippen LogP) is 1.41. The van der Waals surface area contributed by atoms with Crippen molar-refractivity contribution in [3.63, 3.8) is 0 Å². The molecule has 1 saturated carbocycles. The number of hydrogen-bond acceptors (Lipinski definition) is 3. The zero-order valence-electron chi connectivity index (χ0n) is 12.0. The van der Waals surface area contributed by atoms with Crippen molar-refractivity contribution in [3.8, 4) is 0 Å². The van der Waals surface area contributed by atoms with Crippen molar-refractivity contribution in [2.45, 2.75) is 38.3 Å². The lowest BCUT2D eigenvalue weighted by molar-refractivity contribution is -0.126. The molecule has 0 aromatic heterocycles. The second-order valence-corrected chi connectivity index (χ2v) is 5.51. The summed E-state index contributed by atoms with van der Waals surface area (Å²) in [7, 11) is 0. The number of rotatable bonds is 6. The molecule has 2 rings (SSSR count). The molecule has 4 N–H and O–H groups in total. The maximum Gasteiger partial charge on any atom is 0.224 e. The first-order chi connectivity index (χ1) is 9.77. The minimum Gasteiger partial charge on any atom is -0.355 e. The van der Waals surface area contributed by atoms with Gasteiger partial charge in [0.15, 0.2) is 0 Å². The molecule has 1 fully saturated rings. The molecule has 1 aliphatic rings. The Bertz CT molecular complexity index is 407. The van der Waals surface area contributed by atoms with Gasteiger partial charge in [-0.2, -0.15) is 0 Å². The highest BCUT2D eigenvalue weighted by Crippen LogP contribution is 2.22. The molecule has 1 amide bonds. The Kier molecular flexibility index (Phi) is 6.02. The van der Waals surface area contributed by atoms with Gasteiger partial charge in [0.1, 0.15) is 0 Å². The summed E-state index contributed by atoms with van der Waals surface area (Å²) >= 11 is 0. The summed E-state index contributed by atoms with van der Waals surface area (Å²) in [4.78, 5) is 12.0. The summed E-state index contributed by atoms with van der Waals surface area (Å²) in [6.07, 6.45) is 4.19. The van der Waals surface area contributed by atoms with Crippen LogP contribution in [0.2, 0.25) is 0 Å². The lowest BCUT2D eigenvalue weighted by Gasteiger charge is -2.27. The van der Waals surface area contributed by atoms with E-state index in [-0.39, 0.29) is 17.9 Å². The molecular weight excluding hydrogens is 250 g/mol. The van der Waals surface area contributed by atoms with E-state index < -0.39 is 0 Å². The van der Waals surface area contributed by atoms with Gasteiger partial charge in [-0.15, -0.1) is 0 Å². The number of nitrogens with one attached hydrogen (secondary N) is 2. The lowest BCUT2D eigenvalue weighted by Crippen LogP contribution is -2.45. The van der Waals surface area contributed by atoms with E-state index in [0.717, 1.165) is 38.8 Å². The topological polar surface area (TPSA) is 67.2 Å². The van der Waals surface area contributed by atoms with Crippen LogP contribution in [-0.2, 0) is 11.3 Å². The summed E-state index contributed by atoms with van der Waals surface area (Å²) in [5.74, 6) is 0.136. The molecule has 0 spiro atoms. The normalized spacial score (nSPS) is 22.4. The van der Waals surface area contributed by atoms with Gasteiger partial charge in [-0.25, -0.2) is 0 Å². The quantitative estimate of drug-likeness (QED) is 0.688. The van der Waals surface area contributed by atoms with Gasteiger partial charge in [0, 0.05) is 25.7 Å². The summed E-state index contributed by atoms with van der Waals surface area (Å²) in [6, 6.07) is 10.3. The highest BCUT2D eigenvalue weighted by atomic mass is 16.1. The van der Waals surface area contributed by atoms with Crippen molar-refractivity contribution in [1.29, 1.82) is 0 Å². The molecular formula is C16H25N3O. The maximum atomic E-state index is 12.0. The summed E-state index contributed by atoms with van der Waals surface area (Å²) < 4.78 is 0. The third-order valence-electron chi connectivity index (χ3n) is 3.93. The van der Waals surface area contributed by atoms with Crippen LogP contribution in [-0.4, -0.2) is 25.0 Å². The number of nitrogens with two attached hydrogens (primary N) is 1. The Morgan fingerprint density at radius 2 is 1.90 bits per heavy atom. The van der Waals surface area contributed by atoms with Crippen LogP contribution in [0, 0.1) is 5.92 Å². The zero-order chi connectivity index (χ0) is 14.2. The van der Waals surface area contributed by atoms with Gasteiger partial charge in [0.2, 0.25) is 5.91 Å². The average molecular weight is 275 g/mol. The third-order valence-corrected chi connectivity index (χ3v) is 3.93. The van der Waals surface area contributed by atoms with Gasteiger partial charge in [-0.3, -0.25) is 4.79 Å². The smallest absolute Gasteiger partial charge is 0.224 e. The number of amides is 1. The Balaban J connectivity index is 1.59. The van der Waals surface area contributed by atoms with Crippen molar-refractivity contribution in [1.82, 2.24) is 10.6 Å². The summed E-state index contributed by atoms with van der Waals surface area (Å²) in [5, 5.41) is 6.31. The van der Waals surface area contributed by atoms with Crippen LogP contribution in [0.15, 0.2) is 30.3 Å². The second kappa shape index (κ2) is 8.02. The van der Waals surface area contributed by atoms with E-state index in [9.17, 15) is 4.79 Å². The molecule has 0 aliphatic heterocycles. The molecule has 20 heavy (non-hydrogen) atoms. The average Bonchev–Trinajstić information content (AvgIpc) is 2.48. The van der Waals surface area contributed by atoms with Crippen molar-refractivity contribution in [3.05, 3.63) is 35.9 Å². The molecule has 1 aliphatic carbocycles. The SMILES string of the molecule is N[C@H]1CCCC[C@H]1C(=O)NCCNCc1ccccc1. The fourth-order valence-electron chi connectivity index (χ4n) is 2.72. The van der Waals surface area contributed by atoms with E-state index in [1.165, 1.54) is 5.56 Å². The van der Waals surface area contributed by atoms with Gasteiger partial charge in [-0.1, -0.05) is 43.2 Å². The van der Waals surface area contributed by atoms with E-state index in [0.29, 0.717) is 6.54 Å². The minimum absolute atomic E-state index is 0.0119. The molecule has 0 unspecified atom stereocenters. The molecule has 0 bridgehead atoms. The molecule has 4 nitrogen and oxygen atoms in total. The highest BCUT2D eigenvalue weighted by Gasteiger charge is 2.27. The Morgan fingerprint density at radius 1 is 1.15 bits per heavy atom. The monoisotopic (exact) mass is 275 g/mol. The largest absolute Gasteiger partial charge is 0.355 e. The molecule has 1 aromatic rings. The number of benzene rings is 1. The summed E-state index contributed by atoms with van der Waals surface area (Å²) in [6.45, 7) is 2.27. The second-order valence-electron chi connectivity index (χ2n) is 5.51. The number of hydrogen-bond donors (Lipinski definition) is 3. The van der Waals surface area contributed by atoms with Crippen molar-refractivity contribution in [2.24, 2.45) is 11.7 Å². The molecule has 4 heteroatoms. The Morgan fingerprint density at radius 3 is 2.65 bits per heavy atom. The van der Waals surface area contributed by atoms with E-state index in [1.54, 1.807) is 0 Å². The van der Waals surface area contributed by atoms with Crippen LogP contribution in [0.5, 0.6) is 0 Å². The van der Waals surface area contributed by atoms with Gasteiger partial charge >= 0.3 is 0 Å². The first-order valence-electron chi connectivity index (χ1n) is 7.55. The van der Waals surface area contributed by atoms with Crippen LogP contribution in [0.4, 0.5) is 0 Å². The predicted molar refractivity (Wildman–Crippen MR) is 81.1 cm³/mol. The van der Waals surface area contributed by atoms with Crippen LogP contribution in [0.3, 0.4) is 0 Å². The van der Waals surface area contributed by atoms with Crippen LogP contribution in [0.25, 0.3) is 0 Å². The van der Waals surface area contributed by atoms with Crippen LogP contribution < -0.4 is 16.4 Å². The van der Waals surface area contributed by atoms with E-state index >= 15 is 0 Å². The maximum absolute atomic E-state index is 12.0. The third kappa shape index (κ3) is 4.62. The summed E-state index contributed by atoms with van der Waals surface area (Å²) in [5.41, 5.74) is 7.27. The standard InChI is InChI=1S/C16H25N3O/c17-15-9-5-4-8-14(15)16(20)19-11-10-18-12-13-6-2-1-3-7-13/h1-3,6-7,14-15,18H,4-5,8-12,17H2,(H,19,20)/t14-,15+/m1/s1. The molecule has 0 heterocycles. The van der Waals surface area contributed by atoms with E-state index in [2.05, 4.69) is 22.8 Å². The van der Waals surface area contributed by atoms with Gasteiger partial charge in [-0.05, 0) is 18.4 Å². The Hall–Kier alpha value is -1.39. The molecule has 110 valence electrons. The van der Waals surface area contributed by atoms with Gasteiger partial charge in [0.25, 0.3) is 0 Å². The van der Waals surface area contributed by atoms with Crippen molar-refractivity contribution in [2.75, 3.05) is 13.1 Å². The number of carbonyl (C=O) groups excluding carboxylic acids is 1. The van der Waals surface area contributed by atoms with Crippen LogP contribution >= 0.6 is 0 Å². The minimum atomic E-state index is 0.0119. The first-order valence-corrected chi connectivity index (χ1v) is 7.55. The zero-order valence-corrected chi connectivity index (χ0v) is 12.0. The lowest BCUT2D eigenvalue weighted by atomic mass is 9.84. The van der Waals surface area contributed by atoms with Crippen molar-refractivity contribution >= 4 is 5.91 Å². The highest BCUT2D eigenvalue weighted by molar-refractivity contribution is 5.79. The molecule has 0 saturated heterocycles. The fourth-order valence-corrected chi connectivity index (χ4v) is 2.72. The fraction of sp³-hybridized carbons (Fsp3) is 0.562. The Labute approximate surface area is 121 Å². The molecule has 1 aromatic carbocycles. The van der Waals surface area contributed by atoms with E-state index in [1.807, 2.05) is 18.2 Å². The molecule has 2 atom stereocenters.